The van der Waals surface area contributed by atoms with Crippen LogP contribution in [-0.2, 0) is 5.41 Å². The van der Waals surface area contributed by atoms with Gasteiger partial charge in [-0.3, -0.25) is 4.79 Å². The fraction of sp³-hybridized carbons (Fsp3) is 0.138. The molecular formula is C29H24O4. The largest absolute Gasteiger partial charge is 0.497 e. The standard InChI is InChI=1S/C29H24O4/c1-31-21-15-11-19(12-16-21)29(20-13-17-22(32-2)18-14-20)24-8-5-4-7-23(24)28(30)27-25(29)9-6-10-26(27)33-3/h4-18H,1-3H3. The Morgan fingerprint density at radius 2 is 1.12 bits per heavy atom. The maximum Gasteiger partial charge on any atom is 0.197 e. The smallest absolute Gasteiger partial charge is 0.197 e. The van der Waals surface area contributed by atoms with Crippen molar-refractivity contribution in [2.75, 3.05) is 21.3 Å². The van der Waals surface area contributed by atoms with Crippen LogP contribution < -0.4 is 14.2 Å². The zero-order valence-corrected chi connectivity index (χ0v) is 18.8. The number of hydrogen-bond donors (Lipinski definition) is 0. The minimum absolute atomic E-state index is 0.0318. The lowest BCUT2D eigenvalue weighted by molar-refractivity contribution is 0.102. The molecule has 0 atom stereocenters. The number of ether oxygens (including phenoxy) is 3. The van der Waals surface area contributed by atoms with Crippen molar-refractivity contribution in [2.45, 2.75) is 5.41 Å². The molecule has 5 rings (SSSR count). The van der Waals surface area contributed by atoms with E-state index >= 15 is 0 Å². The number of methoxy groups -OCH3 is 3. The monoisotopic (exact) mass is 436 g/mol. The molecule has 0 fully saturated rings. The molecule has 0 saturated heterocycles. The van der Waals surface area contributed by atoms with Gasteiger partial charge < -0.3 is 14.2 Å². The van der Waals surface area contributed by atoms with Crippen LogP contribution in [0.3, 0.4) is 0 Å². The topological polar surface area (TPSA) is 44.8 Å². The molecule has 4 heteroatoms. The van der Waals surface area contributed by atoms with Crippen molar-refractivity contribution >= 4 is 5.78 Å². The first kappa shape index (κ1) is 20.8. The van der Waals surface area contributed by atoms with Crippen LogP contribution >= 0.6 is 0 Å². The molecule has 0 heterocycles. The fourth-order valence-corrected chi connectivity index (χ4v) is 5.01. The van der Waals surface area contributed by atoms with Gasteiger partial charge >= 0.3 is 0 Å². The molecule has 1 aliphatic carbocycles. The predicted octanol–water partition coefficient (Wildman–Crippen LogP) is 5.64. The van der Waals surface area contributed by atoms with Crippen LogP contribution in [0.4, 0.5) is 0 Å². The number of hydrogen-bond acceptors (Lipinski definition) is 4. The van der Waals surface area contributed by atoms with E-state index in [2.05, 4.69) is 24.3 Å². The van der Waals surface area contributed by atoms with E-state index in [0.717, 1.165) is 33.8 Å². The minimum atomic E-state index is -0.729. The van der Waals surface area contributed by atoms with Gasteiger partial charge in [-0.05, 0) is 52.6 Å². The van der Waals surface area contributed by atoms with Crippen molar-refractivity contribution in [2.24, 2.45) is 0 Å². The minimum Gasteiger partial charge on any atom is -0.497 e. The van der Waals surface area contributed by atoms with E-state index in [9.17, 15) is 4.79 Å². The van der Waals surface area contributed by atoms with E-state index in [0.29, 0.717) is 16.9 Å². The quantitative estimate of drug-likeness (QED) is 0.358. The van der Waals surface area contributed by atoms with Gasteiger partial charge in [0.15, 0.2) is 5.78 Å². The van der Waals surface area contributed by atoms with E-state index in [-0.39, 0.29) is 5.78 Å². The van der Waals surface area contributed by atoms with Crippen LogP contribution in [0.2, 0.25) is 0 Å². The number of ketones is 1. The molecule has 0 aromatic heterocycles. The summed E-state index contributed by atoms with van der Waals surface area (Å²) in [5.74, 6) is 2.08. The molecule has 0 bridgehead atoms. The summed E-state index contributed by atoms with van der Waals surface area (Å²) < 4.78 is 16.5. The summed E-state index contributed by atoms with van der Waals surface area (Å²) in [6.07, 6.45) is 0. The number of carbonyl (C=O) groups excluding carboxylic acids is 1. The predicted molar refractivity (Wildman–Crippen MR) is 128 cm³/mol. The first-order chi connectivity index (χ1) is 16.1. The molecule has 33 heavy (non-hydrogen) atoms. The molecule has 0 radical (unpaired) electrons. The molecule has 0 unspecified atom stereocenters. The van der Waals surface area contributed by atoms with Gasteiger partial charge in [0.05, 0.1) is 32.3 Å². The Morgan fingerprint density at radius 3 is 1.67 bits per heavy atom. The Hall–Kier alpha value is -4.05. The van der Waals surface area contributed by atoms with Gasteiger partial charge in [0.2, 0.25) is 0 Å². The first-order valence-electron chi connectivity index (χ1n) is 10.8. The maximum atomic E-state index is 13.7. The molecular weight excluding hydrogens is 412 g/mol. The maximum absolute atomic E-state index is 13.7. The average molecular weight is 437 g/mol. The van der Waals surface area contributed by atoms with Crippen molar-refractivity contribution in [3.63, 3.8) is 0 Å². The molecule has 4 nitrogen and oxygen atoms in total. The van der Waals surface area contributed by atoms with Gasteiger partial charge in [-0.15, -0.1) is 0 Å². The second-order valence-corrected chi connectivity index (χ2v) is 7.96. The third-order valence-corrected chi connectivity index (χ3v) is 6.50. The van der Waals surface area contributed by atoms with E-state index in [1.54, 1.807) is 21.3 Å². The summed E-state index contributed by atoms with van der Waals surface area (Å²) in [6, 6.07) is 29.8. The van der Waals surface area contributed by atoms with Gasteiger partial charge in [-0.1, -0.05) is 60.7 Å². The number of benzene rings is 4. The zero-order chi connectivity index (χ0) is 23.0. The third-order valence-electron chi connectivity index (χ3n) is 6.50. The van der Waals surface area contributed by atoms with Crippen molar-refractivity contribution in [1.29, 1.82) is 0 Å². The van der Waals surface area contributed by atoms with Gasteiger partial charge in [0.1, 0.15) is 17.2 Å². The Balaban J connectivity index is 1.95. The summed E-state index contributed by atoms with van der Waals surface area (Å²) in [7, 11) is 4.91. The van der Waals surface area contributed by atoms with Gasteiger partial charge in [0, 0.05) is 5.56 Å². The molecule has 4 aromatic rings. The summed E-state index contributed by atoms with van der Waals surface area (Å²) in [6.45, 7) is 0. The summed E-state index contributed by atoms with van der Waals surface area (Å²) in [4.78, 5) is 13.7. The normalized spacial score (nSPS) is 13.6. The molecule has 0 aliphatic heterocycles. The van der Waals surface area contributed by atoms with E-state index in [1.165, 1.54) is 0 Å². The van der Waals surface area contributed by atoms with Crippen LogP contribution in [-0.4, -0.2) is 27.1 Å². The molecule has 164 valence electrons. The average Bonchev–Trinajstić information content (AvgIpc) is 2.89. The highest BCUT2D eigenvalue weighted by Gasteiger charge is 2.47. The van der Waals surface area contributed by atoms with Crippen LogP contribution in [0.25, 0.3) is 0 Å². The molecule has 1 aliphatic rings. The van der Waals surface area contributed by atoms with Gasteiger partial charge in [-0.2, -0.15) is 0 Å². The fourth-order valence-electron chi connectivity index (χ4n) is 5.01. The lowest BCUT2D eigenvalue weighted by Gasteiger charge is -2.42. The molecule has 0 spiro atoms. The SMILES string of the molecule is COc1ccc(C2(c3ccc(OC)cc3)c3ccccc3C(=O)c3c(OC)cccc32)cc1. The zero-order valence-electron chi connectivity index (χ0n) is 18.8. The highest BCUT2D eigenvalue weighted by molar-refractivity contribution is 6.15. The first-order valence-corrected chi connectivity index (χ1v) is 10.8. The highest BCUT2D eigenvalue weighted by atomic mass is 16.5. The highest BCUT2D eigenvalue weighted by Crippen LogP contribution is 2.52. The van der Waals surface area contributed by atoms with Crippen molar-refractivity contribution in [3.8, 4) is 17.2 Å². The Labute approximate surface area is 193 Å². The Morgan fingerprint density at radius 1 is 0.576 bits per heavy atom. The number of fused-ring (bicyclic) bond motifs is 2. The van der Waals surface area contributed by atoms with Crippen LogP contribution in [0, 0.1) is 0 Å². The molecule has 0 saturated carbocycles. The Kier molecular flexibility index (Phi) is 5.14. The van der Waals surface area contributed by atoms with Crippen LogP contribution in [0.15, 0.2) is 91.0 Å². The molecule has 0 N–H and O–H groups in total. The van der Waals surface area contributed by atoms with Crippen LogP contribution in [0.5, 0.6) is 17.2 Å². The van der Waals surface area contributed by atoms with E-state index in [1.807, 2.05) is 66.7 Å². The summed E-state index contributed by atoms with van der Waals surface area (Å²) >= 11 is 0. The number of carbonyl (C=O) groups is 1. The lowest BCUT2D eigenvalue weighted by atomic mass is 9.59. The Bertz CT molecular complexity index is 1270. The van der Waals surface area contributed by atoms with Crippen molar-refractivity contribution in [1.82, 2.24) is 0 Å². The van der Waals surface area contributed by atoms with Crippen molar-refractivity contribution < 1.29 is 19.0 Å². The summed E-state index contributed by atoms with van der Waals surface area (Å²) in [5.41, 5.74) is 4.41. The summed E-state index contributed by atoms with van der Waals surface area (Å²) in [5, 5.41) is 0. The molecule has 0 amide bonds. The van der Waals surface area contributed by atoms with E-state index < -0.39 is 5.41 Å². The van der Waals surface area contributed by atoms with Crippen molar-refractivity contribution in [3.05, 3.63) is 124 Å². The van der Waals surface area contributed by atoms with Gasteiger partial charge in [-0.25, -0.2) is 0 Å². The third kappa shape index (κ3) is 3.02. The van der Waals surface area contributed by atoms with Gasteiger partial charge in [0.25, 0.3) is 0 Å². The second-order valence-electron chi connectivity index (χ2n) is 7.96. The molecule has 4 aromatic carbocycles. The van der Waals surface area contributed by atoms with Crippen LogP contribution in [0.1, 0.15) is 38.2 Å². The second kappa shape index (κ2) is 8.14. The lowest BCUT2D eigenvalue weighted by Crippen LogP contribution is -2.38. The number of rotatable bonds is 5. The van der Waals surface area contributed by atoms with E-state index in [4.69, 9.17) is 14.2 Å².